The number of hydrogen-bond donors (Lipinski definition) is 1. The molecule has 1 aromatic heterocycles. The number of aromatic nitrogens is 1. The maximum absolute atomic E-state index is 9.84. The fraction of sp³-hybridized carbons (Fsp3) is 0. The van der Waals surface area contributed by atoms with E-state index in [-0.39, 0.29) is 0 Å². The van der Waals surface area contributed by atoms with Crippen molar-refractivity contribution in [3.8, 4) is 16.9 Å². The standard InChI is InChI=1S/C19H11NOS/c21-11-8-9-17-14(10-11)12-5-3-7-16-18(12)19(22-17)13-4-1-2-6-15(13)20-16/h1-10,21H. The average Bonchev–Trinajstić information content (AvgIpc) is 2.55. The van der Waals surface area contributed by atoms with E-state index < -0.39 is 0 Å². The number of fused-ring (bicyclic) bond motifs is 4. The zero-order valence-corrected chi connectivity index (χ0v) is 12.4. The number of aromatic hydroxyl groups is 1. The van der Waals surface area contributed by atoms with Gasteiger partial charge in [-0.2, -0.15) is 0 Å². The lowest BCUT2D eigenvalue weighted by atomic mass is 9.98. The molecule has 2 heterocycles. The van der Waals surface area contributed by atoms with Crippen molar-refractivity contribution >= 4 is 33.6 Å². The summed E-state index contributed by atoms with van der Waals surface area (Å²) in [6, 6.07) is 20.1. The molecule has 1 aliphatic heterocycles. The molecule has 0 amide bonds. The van der Waals surface area contributed by atoms with Crippen molar-refractivity contribution in [2.75, 3.05) is 0 Å². The highest BCUT2D eigenvalue weighted by Gasteiger charge is 2.22. The lowest BCUT2D eigenvalue weighted by Gasteiger charge is -2.21. The number of nitrogens with zero attached hydrogens (tertiary/aromatic N) is 1. The summed E-state index contributed by atoms with van der Waals surface area (Å²) in [5.74, 6) is 0.300. The molecule has 0 fully saturated rings. The molecule has 104 valence electrons. The molecule has 0 saturated heterocycles. The van der Waals surface area contributed by atoms with Gasteiger partial charge in [0.1, 0.15) is 5.75 Å². The number of hydrogen-bond acceptors (Lipinski definition) is 3. The highest BCUT2D eigenvalue weighted by molar-refractivity contribution is 8.00. The largest absolute Gasteiger partial charge is 0.508 e. The molecular weight excluding hydrogens is 290 g/mol. The van der Waals surface area contributed by atoms with Crippen molar-refractivity contribution < 1.29 is 5.11 Å². The first-order valence-corrected chi connectivity index (χ1v) is 7.95. The molecule has 1 N–H and O–H groups in total. The predicted octanol–water partition coefficient (Wildman–Crippen LogP) is 5.23. The highest BCUT2D eigenvalue weighted by atomic mass is 32.2. The normalized spacial score (nSPS) is 12.5. The van der Waals surface area contributed by atoms with Gasteiger partial charge in [0.05, 0.1) is 11.0 Å². The lowest BCUT2D eigenvalue weighted by molar-refractivity contribution is 0.475. The average molecular weight is 301 g/mol. The number of benzene rings is 3. The number of para-hydroxylation sites is 1. The Morgan fingerprint density at radius 2 is 1.68 bits per heavy atom. The van der Waals surface area contributed by atoms with E-state index in [9.17, 15) is 5.11 Å². The van der Waals surface area contributed by atoms with Gasteiger partial charge in [-0.15, -0.1) is 0 Å². The molecule has 0 aliphatic carbocycles. The summed E-state index contributed by atoms with van der Waals surface area (Å²) in [6.45, 7) is 0. The van der Waals surface area contributed by atoms with Crippen molar-refractivity contribution in [2.45, 2.75) is 9.79 Å². The molecule has 5 rings (SSSR count). The van der Waals surface area contributed by atoms with Crippen LogP contribution in [0.2, 0.25) is 0 Å². The van der Waals surface area contributed by atoms with Crippen LogP contribution in [0.4, 0.5) is 0 Å². The van der Waals surface area contributed by atoms with Crippen LogP contribution in [-0.2, 0) is 0 Å². The smallest absolute Gasteiger partial charge is 0.116 e. The van der Waals surface area contributed by atoms with Gasteiger partial charge in [0.2, 0.25) is 0 Å². The van der Waals surface area contributed by atoms with Gasteiger partial charge in [0, 0.05) is 20.6 Å². The molecule has 1 aliphatic rings. The van der Waals surface area contributed by atoms with E-state index in [1.54, 1.807) is 17.8 Å². The van der Waals surface area contributed by atoms with E-state index in [1.165, 1.54) is 20.6 Å². The maximum atomic E-state index is 9.84. The predicted molar refractivity (Wildman–Crippen MR) is 90.5 cm³/mol. The van der Waals surface area contributed by atoms with Crippen LogP contribution in [0.3, 0.4) is 0 Å². The van der Waals surface area contributed by atoms with E-state index in [2.05, 4.69) is 30.3 Å². The summed E-state index contributed by atoms with van der Waals surface area (Å²) >= 11 is 1.76. The van der Waals surface area contributed by atoms with Crippen LogP contribution in [0.25, 0.3) is 32.9 Å². The Labute approximate surface area is 131 Å². The van der Waals surface area contributed by atoms with Crippen LogP contribution < -0.4 is 0 Å². The van der Waals surface area contributed by atoms with Crippen molar-refractivity contribution in [2.24, 2.45) is 0 Å². The van der Waals surface area contributed by atoms with Crippen LogP contribution in [0.15, 0.2) is 70.5 Å². The molecule has 3 heteroatoms. The van der Waals surface area contributed by atoms with Crippen LogP contribution >= 0.6 is 11.8 Å². The fourth-order valence-electron chi connectivity index (χ4n) is 3.16. The summed E-state index contributed by atoms with van der Waals surface area (Å²) in [7, 11) is 0. The second kappa shape index (κ2) is 4.24. The van der Waals surface area contributed by atoms with Gasteiger partial charge in [0.25, 0.3) is 0 Å². The fourth-order valence-corrected chi connectivity index (χ4v) is 4.39. The Hall–Kier alpha value is -2.52. The van der Waals surface area contributed by atoms with Gasteiger partial charge in [-0.3, -0.25) is 0 Å². The van der Waals surface area contributed by atoms with E-state index in [1.807, 2.05) is 24.3 Å². The number of phenolic OH excluding ortho intramolecular Hbond substituents is 1. The zero-order chi connectivity index (χ0) is 14.7. The molecule has 22 heavy (non-hydrogen) atoms. The third kappa shape index (κ3) is 1.54. The van der Waals surface area contributed by atoms with Gasteiger partial charge >= 0.3 is 0 Å². The zero-order valence-electron chi connectivity index (χ0n) is 11.6. The van der Waals surface area contributed by atoms with Crippen LogP contribution in [0.1, 0.15) is 0 Å². The van der Waals surface area contributed by atoms with Gasteiger partial charge in [-0.25, -0.2) is 4.98 Å². The van der Waals surface area contributed by atoms with E-state index in [0.717, 1.165) is 22.2 Å². The van der Waals surface area contributed by atoms with E-state index >= 15 is 0 Å². The first-order chi connectivity index (χ1) is 10.8. The lowest BCUT2D eigenvalue weighted by Crippen LogP contribution is -1.95. The van der Waals surface area contributed by atoms with Gasteiger partial charge in [0.15, 0.2) is 0 Å². The molecule has 0 atom stereocenters. The topological polar surface area (TPSA) is 33.1 Å². The summed E-state index contributed by atoms with van der Waals surface area (Å²) in [4.78, 5) is 7.23. The van der Waals surface area contributed by atoms with Crippen LogP contribution in [0, 0.1) is 0 Å². The van der Waals surface area contributed by atoms with Crippen LogP contribution in [0.5, 0.6) is 5.75 Å². The van der Waals surface area contributed by atoms with Crippen molar-refractivity contribution in [3.63, 3.8) is 0 Å². The molecule has 4 aromatic rings. The summed E-state index contributed by atoms with van der Waals surface area (Å²) < 4.78 is 0. The number of pyridine rings is 1. The maximum Gasteiger partial charge on any atom is 0.116 e. The quantitative estimate of drug-likeness (QED) is 0.398. The van der Waals surface area contributed by atoms with Crippen molar-refractivity contribution in [1.82, 2.24) is 4.98 Å². The van der Waals surface area contributed by atoms with Crippen molar-refractivity contribution in [3.05, 3.63) is 60.7 Å². The Bertz CT molecular complexity index is 1070. The molecule has 0 unspecified atom stereocenters. The molecule has 3 aromatic carbocycles. The minimum Gasteiger partial charge on any atom is -0.508 e. The van der Waals surface area contributed by atoms with Gasteiger partial charge in [-0.05, 0) is 41.5 Å². The summed E-state index contributed by atoms with van der Waals surface area (Å²) in [5.41, 5.74) is 4.26. The molecule has 0 radical (unpaired) electrons. The third-order valence-electron chi connectivity index (χ3n) is 4.12. The molecule has 2 nitrogen and oxygen atoms in total. The third-order valence-corrected chi connectivity index (χ3v) is 5.33. The molecule has 0 bridgehead atoms. The van der Waals surface area contributed by atoms with E-state index in [4.69, 9.17) is 4.98 Å². The minimum absolute atomic E-state index is 0.300. The summed E-state index contributed by atoms with van der Waals surface area (Å²) in [6.07, 6.45) is 0. The van der Waals surface area contributed by atoms with Crippen LogP contribution in [-0.4, -0.2) is 10.1 Å². The first kappa shape index (κ1) is 12.1. The number of rotatable bonds is 0. The Kier molecular flexibility index (Phi) is 2.33. The Balaban J connectivity index is 2.02. The Morgan fingerprint density at radius 1 is 0.818 bits per heavy atom. The Morgan fingerprint density at radius 3 is 2.64 bits per heavy atom. The SMILES string of the molecule is Oc1ccc2c(c1)-c1cccc3nc4ccccc4c(c13)S2. The molecule has 0 saturated carbocycles. The monoisotopic (exact) mass is 301 g/mol. The second-order valence-electron chi connectivity index (χ2n) is 5.44. The van der Waals surface area contributed by atoms with Gasteiger partial charge < -0.3 is 5.11 Å². The van der Waals surface area contributed by atoms with E-state index in [0.29, 0.717) is 5.75 Å². The molecule has 0 spiro atoms. The second-order valence-corrected chi connectivity index (χ2v) is 6.49. The highest BCUT2D eigenvalue weighted by Crippen LogP contribution is 2.50. The number of phenols is 1. The molecular formula is C19H11NOS. The minimum atomic E-state index is 0.300. The summed E-state index contributed by atoms with van der Waals surface area (Å²) in [5, 5.41) is 12.2. The first-order valence-electron chi connectivity index (χ1n) is 7.14. The van der Waals surface area contributed by atoms with Crippen molar-refractivity contribution in [1.29, 1.82) is 0 Å². The van der Waals surface area contributed by atoms with Gasteiger partial charge in [-0.1, -0.05) is 42.1 Å².